The Morgan fingerprint density at radius 3 is 2.31 bits per heavy atom. The molecular weight excluding hydrogens is 671 g/mol. The van der Waals surface area contributed by atoms with E-state index < -0.39 is 0 Å². The average molecular weight is 689 g/mol. The summed E-state index contributed by atoms with van der Waals surface area (Å²) < 4.78 is 1.26. The van der Waals surface area contributed by atoms with Crippen LogP contribution in [0.25, 0.3) is 37.2 Å². The molecule has 0 atom stereocenters. The Labute approximate surface area is 228 Å². The number of benzene rings is 2. The molecule has 0 aliphatic carbocycles. The predicted octanol–water partition coefficient (Wildman–Crippen LogP) is 8.51. The predicted molar refractivity (Wildman–Crippen MR) is 145 cm³/mol. The molecule has 6 rings (SSSR count). The topological polar surface area (TPSA) is 50.2 Å². The van der Waals surface area contributed by atoms with E-state index in [2.05, 4.69) is 53.5 Å². The molecule has 0 bridgehead atoms. The summed E-state index contributed by atoms with van der Waals surface area (Å²) in [5.74, 6) is -0.126. The van der Waals surface area contributed by atoms with Crippen molar-refractivity contribution < 1.29 is 30.0 Å². The summed E-state index contributed by atoms with van der Waals surface area (Å²) in [5, 5.41) is 16.9. The Bertz CT molecular complexity index is 1550. The number of rotatable bonds is 4. The van der Waals surface area contributed by atoms with Gasteiger partial charge in [0.25, 0.3) is 0 Å². The number of ketones is 1. The zero-order valence-corrected chi connectivity index (χ0v) is 23.0. The van der Waals surface area contributed by atoms with E-state index in [1.54, 1.807) is 23.5 Å². The van der Waals surface area contributed by atoms with Gasteiger partial charge in [-0.3, -0.25) is 4.79 Å². The zero-order valence-electron chi connectivity index (χ0n) is 18.2. The number of fused-ring (bicyclic) bond motifs is 2. The molecule has 0 spiro atoms. The van der Waals surface area contributed by atoms with Gasteiger partial charge in [0.2, 0.25) is 0 Å². The number of aliphatic hydroxyl groups excluding tert-OH is 1. The number of carbonyl (C=O) groups excluding carboxylic acids is 1. The third-order valence-electron chi connectivity index (χ3n) is 5.04. The minimum Gasteiger partial charge on any atom is -0.506 e. The van der Waals surface area contributed by atoms with Crippen LogP contribution in [0.5, 0.6) is 0 Å². The van der Waals surface area contributed by atoms with Gasteiger partial charge in [0.15, 0.2) is 5.78 Å². The van der Waals surface area contributed by atoms with Crippen LogP contribution in [0.2, 0.25) is 0 Å². The van der Waals surface area contributed by atoms with Gasteiger partial charge >= 0.3 is 0 Å². The van der Waals surface area contributed by atoms with Gasteiger partial charge in [-0.2, -0.15) is 0 Å². The van der Waals surface area contributed by atoms with Gasteiger partial charge in [-0.05, 0) is 49.3 Å². The van der Waals surface area contributed by atoms with Crippen LogP contribution in [0.3, 0.4) is 0 Å². The second-order valence-corrected chi connectivity index (χ2v) is 10.2. The van der Waals surface area contributed by atoms with Crippen molar-refractivity contribution in [1.29, 1.82) is 0 Å². The van der Waals surface area contributed by atoms with E-state index >= 15 is 0 Å². The SMILES string of the molecule is O=C(/C=C(\O)c1cccs1)c1cccs1.[Ir].[c-]1c(-c2nccc3ccccc23)sc2ccccc12. The van der Waals surface area contributed by atoms with Crippen LogP contribution in [-0.2, 0) is 20.1 Å². The van der Waals surface area contributed by atoms with E-state index in [0.29, 0.717) is 9.75 Å². The molecule has 1 radical (unpaired) electrons. The summed E-state index contributed by atoms with van der Waals surface area (Å²) in [4.78, 5) is 18.6. The van der Waals surface area contributed by atoms with E-state index in [9.17, 15) is 9.90 Å². The number of aliphatic hydroxyl groups is 1. The summed E-state index contributed by atoms with van der Waals surface area (Å²) in [7, 11) is 0. The van der Waals surface area contributed by atoms with Gasteiger partial charge in [-0.25, -0.2) is 11.3 Å². The Balaban J connectivity index is 0.000000165. The molecule has 0 aliphatic rings. The summed E-state index contributed by atoms with van der Waals surface area (Å²) in [5.41, 5.74) is 1.03. The number of allylic oxidation sites excluding steroid dienone is 1. The molecule has 175 valence electrons. The Kier molecular flexibility index (Phi) is 8.39. The van der Waals surface area contributed by atoms with Gasteiger partial charge in [-0.1, -0.05) is 48.5 Å². The van der Waals surface area contributed by atoms with Gasteiger partial charge in [0.05, 0.1) is 9.75 Å². The van der Waals surface area contributed by atoms with Gasteiger partial charge in [0.1, 0.15) is 5.76 Å². The molecule has 0 saturated carbocycles. The summed E-state index contributed by atoms with van der Waals surface area (Å²) in [6.07, 6.45) is 3.13. The first kappa shape index (κ1) is 25.2. The van der Waals surface area contributed by atoms with Crippen molar-refractivity contribution in [3.63, 3.8) is 0 Å². The maximum atomic E-state index is 11.6. The second-order valence-electron chi connectivity index (χ2n) is 7.28. The zero-order chi connectivity index (χ0) is 23.3. The van der Waals surface area contributed by atoms with Crippen LogP contribution >= 0.6 is 34.0 Å². The maximum Gasteiger partial charge on any atom is 0.199 e. The van der Waals surface area contributed by atoms with Crippen LogP contribution in [0.4, 0.5) is 0 Å². The van der Waals surface area contributed by atoms with Crippen LogP contribution in [-0.4, -0.2) is 15.9 Å². The molecular formula is C28H18IrNO2S3-. The quantitative estimate of drug-likeness (QED) is 0.0875. The molecule has 6 aromatic rings. The number of hydrogen-bond donors (Lipinski definition) is 1. The fourth-order valence-electron chi connectivity index (χ4n) is 3.43. The minimum atomic E-state index is -0.157. The van der Waals surface area contributed by atoms with E-state index in [4.69, 9.17) is 0 Å². The molecule has 0 saturated heterocycles. The van der Waals surface area contributed by atoms with E-state index in [1.165, 1.54) is 44.2 Å². The normalized spacial score (nSPS) is 11.0. The fourth-order valence-corrected chi connectivity index (χ4v) is 5.73. The number of nitrogens with zero attached hydrogens (tertiary/aromatic N) is 1. The first-order valence-corrected chi connectivity index (χ1v) is 13.0. The summed E-state index contributed by atoms with van der Waals surface area (Å²) >= 11 is 4.52. The first-order chi connectivity index (χ1) is 16.7. The van der Waals surface area contributed by atoms with Crippen molar-refractivity contribution in [3.05, 3.63) is 118 Å². The average Bonchev–Trinajstić information content (AvgIpc) is 3.65. The maximum absolute atomic E-state index is 11.6. The molecule has 7 heteroatoms. The molecule has 4 heterocycles. The van der Waals surface area contributed by atoms with Crippen molar-refractivity contribution in [1.82, 2.24) is 4.98 Å². The van der Waals surface area contributed by atoms with E-state index in [1.807, 2.05) is 41.2 Å². The Hall–Kier alpha value is -2.93. The van der Waals surface area contributed by atoms with Gasteiger partial charge in [-0.15, -0.1) is 46.3 Å². The van der Waals surface area contributed by atoms with E-state index in [0.717, 1.165) is 16.0 Å². The van der Waals surface area contributed by atoms with Crippen LogP contribution in [0.15, 0.2) is 102 Å². The number of carbonyl (C=O) groups is 1. The molecule has 0 unspecified atom stereocenters. The standard InChI is InChI=1S/C17H10NS.C11H8O2S2.Ir/c1-3-7-14-12(5-1)9-10-18-17(14)16-11-13-6-2-4-8-15(13)19-16;12-8(10-3-1-5-14-10)7-9(13)11-4-2-6-15-11;/h1-10H;1-7,12H;/q-1;;/b;8-7-;. The van der Waals surface area contributed by atoms with Crippen molar-refractivity contribution in [2.75, 3.05) is 0 Å². The molecule has 3 nitrogen and oxygen atoms in total. The molecule has 4 aromatic heterocycles. The van der Waals surface area contributed by atoms with Gasteiger partial charge in [0, 0.05) is 38.1 Å². The van der Waals surface area contributed by atoms with Crippen molar-refractivity contribution in [3.8, 4) is 10.6 Å². The molecule has 0 amide bonds. The number of aromatic nitrogens is 1. The summed E-state index contributed by atoms with van der Waals surface area (Å²) in [6.45, 7) is 0. The minimum absolute atomic E-state index is 0. The van der Waals surface area contributed by atoms with Crippen LogP contribution in [0.1, 0.15) is 14.5 Å². The van der Waals surface area contributed by atoms with Crippen molar-refractivity contribution in [2.45, 2.75) is 0 Å². The number of hydrogen-bond acceptors (Lipinski definition) is 6. The van der Waals surface area contributed by atoms with Crippen LogP contribution < -0.4 is 0 Å². The largest absolute Gasteiger partial charge is 0.506 e. The molecule has 0 fully saturated rings. The monoisotopic (exact) mass is 689 g/mol. The van der Waals surface area contributed by atoms with Crippen LogP contribution in [0, 0.1) is 6.07 Å². The number of pyridine rings is 1. The fraction of sp³-hybridized carbons (Fsp3) is 0. The second kappa shape index (κ2) is 11.7. The molecule has 0 aliphatic heterocycles. The molecule has 2 aromatic carbocycles. The smallest absolute Gasteiger partial charge is 0.199 e. The first-order valence-electron chi connectivity index (χ1n) is 10.5. The van der Waals surface area contributed by atoms with Crippen molar-refractivity contribution >= 4 is 66.4 Å². The molecule has 1 N–H and O–H groups in total. The van der Waals surface area contributed by atoms with E-state index in [-0.39, 0.29) is 31.6 Å². The third-order valence-corrected chi connectivity index (χ3v) is 7.89. The van der Waals surface area contributed by atoms with Crippen molar-refractivity contribution in [2.24, 2.45) is 0 Å². The summed E-state index contributed by atoms with van der Waals surface area (Å²) in [6, 6.07) is 29.4. The van der Waals surface area contributed by atoms with Gasteiger partial charge < -0.3 is 10.1 Å². The number of thiophene rings is 3. The Morgan fingerprint density at radius 1 is 0.857 bits per heavy atom. The third kappa shape index (κ3) is 5.84. The molecule has 35 heavy (non-hydrogen) atoms. The Morgan fingerprint density at radius 2 is 1.57 bits per heavy atom.